The van der Waals surface area contributed by atoms with E-state index in [1.807, 2.05) is 21.8 Å². The molecule has 10 nitrogen and oxygen atoms in total. The number of fused-ring (bicyclic) bond motifs is 1. The molecule has 2 aromatic heterocycles. The number of ether oxygens (including phenoxy) is 2. The van der Waals surface area contributed by atoms with Crippen molar-refractivity contribution in [2.24, 2.45) is 5.92 Å². The molecule has 1 aromatic carbocycles. The SMILES string of the molecule is C[C@H](CCOCCCn1cc(-c2nn(C3CCCCO3)c3ccc(O[Si](C)(C)C(C)(C)C)cc23)cn1)CS(=O)(=O)O. The lowest BCUT2D eigenvalue weighted by Crippen LogP contribution is -2.43. The Morgan fingerprint density at radius 2 is 2.00 bits per heavy atom. The summed E-state index contributed by atoms with van der Waals surface area (Å²) in [6.45, 7) is 15.4. The van der Waals surface area contributed by atoms with Gasteiger partial charge in [-0.25, -0.2) is 4.68 Å². The summed E-state index contributed by atoms with van der Waals surface area (Å²) in [6.07, 6.45) is 8.26. The molecule has 1 unspecified atom stereocenters. The van der Waals surface area contributed by atoms with E-state index in [-0.39, 0.29) is 22.9 Å². The molecule has 1 fully saturated rings. The lowest BCUT2D eigenvalue weighted by molar-refractivity contribution is -0.0365. The number of hydrogen-bond donors (Lipinski definition) is 1. The Balaban J connectivity index is 1.47. The van der Waals surface area contributed by atoms with E-state index in [1.54, 1.807) is 6.92 Å². The molecule has 0 radical (unpaired) electrons. The maximum Gasteiger partial charge on any atom is 0.265 e. The third-order valence-electron chi connectivity index (χ3n) is 8.12. The topological polar surface area (TPSA) is 118 Å². The van der Waals surface area contributed by atoms with Crippen LogP contribution in [0.15, 0.2) is 30.6 Å². The van der Waals surface area contributed by atoms with Gasteiger partial charge in [-0.15, -0.1) is 0 Å². The summed E-state index contributed by atoms with van der Waals surface area (Å²) < 4.78 is 53.3. The maximum atomic E-state index is 11.0. The Kier molecular flexibility index (Phi) is 10.0. The summed E-state index contributed by atoms with van der Waals surface area (Å²) in [4.78, 5) is 0. The van der Waals surface area contributed by atoms with E-state index in [1.165, 1.54) is 0 Å². The van der Waals surface area contributed by atoms with Crippen LogP contribution >= 0.6 is 0 Å². The monoisotopic (exact) mass is 606 g/mol. The van der Waals surface area contributed by atoms with E-state index >= 15 is 0 Å². The number of nitrogens with zero attached hydrogens (tertiary/aromatic N) is 4. The van der Waals surface area contributed by atoms with Gasteiger partial charge in [0.25, 0.3) is 10.1 Å². The highest BCUT2D eigenvalue weighted by atomic mass is 32.2. The molecule has 41 heavy (non-hydrogen) atoms. The van der Waals surface area contributed by atoms with Gasteiger partial charge >= 0.3 is 0 Å². The van der Waals surface area contributed by atoms with E-state index in [4.69, 9.17) is 23.6 Å². The summed E-state index contributed by atoms with van der Waals surface area (Å²) in [5.74, 6) is 0.471. The Morgan fingerprint density at radius 3 is 2.68 bits per heavy atom. The first-order chi connectivity index (χ1) is 19.2. The normalized spacial score (nSPS) is 17.7. The van der Waals surface area contributed by atoms with Crippen LogP contribution in [-0.4, -0.2) is 66.4 Å². The molecular weight excluding hydrogens is 560 g/mol. The summed E-state index contributed by atoms with van der Waals surface area (Å²) >= 11 is 0. The second-order valence-electron chi connectivity index (χ2n) is 12.8. The van der Waals surface area contributed by atoms with Crippen molar-refractivity contribution >= 4 is 29.3 Å². The minimum absolute atomic E-state index is 0.0837. The van der Waals surface area contributed by atoms with Crippen LogP contribution in [-0.2, 0) is 26.1 Å². The summed E-state index contributed by atoms with van der Waals surface area (Å²) in [6, 6.07) is 6.27. The molecule has 1 aliphatic heterocycles. The third kappa shape index (κ3) is 8.41. The molecule has 0 spiro atoms. The molecule has 0 bridgehead atoms. The lowest BCUT2D eigenvalue weighted by atomic mass is 10.1. The van der Waals surface area contributed by atoms with Crippen LogP contribution in [0.3, 0.4) is 0 Å². The predicted octanol–water partition coefficient (Wildman–Crippen LogP) is 6.30. The zero-order valence-electron chi connectivity index (χ0n) is 25.3. The fraction of sp³-hybridized carbons (Fsp3) is 0.655. The van der Waals surface area contributed by atoms with Crippen LogP contribution in [0.2, 0.25) is 18.1 Å². The standard InChI is InChI=1S/C29H46N4O6SSi/c1-22(21-40(34,35)36)13-17-37-15-9-14-32-20-23(19-30-32)28-25-18-24(39-41(5,6)29(2,3)4)11-12-26(25)33(31-28)27-10-7-8-16-38-27/h11-12,18-20,22,27H,7-10,13-17,21H2,1-6H3,(H,34,35,36)/t22-,27?/m1/s1. The summed E-state index contributed by atoms with van der Waals surface area (Å²) in [5.41, 5.74) is 2.83. The molecule has 12 heteroatoms. The largest absolute Gasteiger partial charge is 0.543 e. The number of benzene rings is 1. The first kappa shape index (κ1) is 31.7. The van der Waals surface area contributed by atoms with Crippen molar-refractivity contribution < 1.29 is 26.9 Å². The molecule has 2 atom stereocenters. The molecule has 228 valence electrons. The van der Waals surface area contributed by atoms with Gasteiger partial charge in [-0.2, -0.15) is 18.6 Å². The van der Waals surface area contributed by atoms with Crippen molar-refractivity contribution in [3.63, 3.8) is 0 Å². The maximum absolute atomic E-state index is 11.0. The molecule has 3 aromatic rings. The average Bonchev–Trinajstić information content (AvgIpc) is 3.49. The Labute approximate surface area is 245 Å². The fourth-order valence-electron chi connectivity index (χ4n) is 4.75. The molecule has 1 aliphatic rings. The predicted molar refractivity (Wildman–Crippen MR) is 163 cm³/mol. The highest BCUT2D eigenvalue weighted by Gasteiger charge is 2.39. The van der Waals surface area contributed by atoms with Gasteiger partial charge in [0.2, 0.25) is 8.32 Å². The Hall–Kier alpha value is -2.25. The van der Waals surface area contributed by atoms with Crippen molar-refractivity contribution in [1.82, 2.24) is 19.6 Å². The summed E-state index contributed by atoms with van der Waals surface area (Å²) in [5, 5.41) is 10.8. The van der Waals surface area contributed by atoms with E-state index in [0.717, 1.165) is 60.2 Å². The highest BCUT2D eigenvalue weighted by molar-refractivity contribution is 7.85. The Morgan fingerprint density at radius 1 is 1.22 bits per heavy atom. The van der Waals surface area contributed by atoms with Gasteiger partial charge in [0.1, 0.15) is 11.4 Å². The fourth-order valence-corrected chi connectivity index (χ4v) is 6.66. The number of aromatic nitrogens is 4. The van der Waals surface area contributed by atoms with Crippen LogP contribution in [0.5, 0.6) is 5.75 Å². The van der Waals surface area contributed by atoms with E-state index < -0.39 is 18.4 Å². The van der Waals surface area contributed by atoms with Crippen LogP contribution < -0.4 is 4.43 Å². The van der Waals surface area contributed by atoms with Gasteiger partial charge in [0.15, 0.2) is 6.23 Å². The highest BCUT2D eigenvalue weighted by Crippen LogP contribution is 2.39. The Bertz CT molecular complexity index is 1410. The van der Waals surface area contributed by atoms with Gasteiger partial charge in [0.05, 0.1) is 17.5 Å². The minimum atomic E-state index is -3.95. The second kappa shape index (κ2) is 12.9. The summed E-state index contributed by atoms with van der Waals surface area (Å²) in [7, 11) is -5.96. The van der Waals surface area contributed by atoms with Gasteiger partial charge in [-0.1, -0.05) is 27.7 Å². The lowest BCUT2D eigenvalue weighted by Gasteiger charge is -2.36. The van der Waals surface area contributed by atoms with Gasteiger partial charge in [0, 0.05) is 43.5 Å². The molecule has 0 aliphatic carbocycles. The van der Waals surface area contributed by atoms with E-state index in [2.05, 4.69) is 57.2 Å². The van der Waals surface area contributed by atoms with Gasteiger partial charge < -0.3 is 13.9 Å². The van der Waals surface area contributed by atoms with Crippen molar-refractivity contribution in [3.05, 3.63) is 30.6 Å². The molecule has 0 saturated carbocycles. The third-order valence-corrected chi connectivity index (χ3v) is 13.5. The minimum Gasteiger partial charge on any atom is -0.543 e. The molecular formula is C29H46N4O6SSi. The van der Waals surface area contributed by atoms with Crippen molar-refractivity contribution in [2.75, 3.05) is 25.6 Å². The smallest absolute Gasteiger partial charge is 0.265 e. The van der Waals surface area contributed by atoms with Crippen molar-refractivity contribution in [2.45, 2.75) is 90.7 Å². The van der Waals surface area contributed by atoms with Crippen LogP contribution in [0.25, 0.3) is 22.2 Å². The first-order valence-corrected chi connectivity index (χ1v) is 19.1. The first-order valence-electron chi connectivity index (χ1n) is 14.6. The molecule has 0 amide bonds. The quantitative estimate of drug-likeness (QED) is 0.137. The van der Waals surface area contributed by atoms with Crippen molar-refractivity contribution in [3.8, 4) is 17.0 Å². The van der Waals surface area contributed by atoms with Crippen LogP contribution in [0.1, 0.15) is 66.0 Å². The van der Waals surface area contributed by atoms with Gasteiger partial charge in [-0.3, -0.25) is 9.23 Å². The second-order valence-corrected chi connectivity index (χ2v) is 19.0. The van der Waals surface area contributed by atoms with Crippen LogP contribution in [0, 0.1) is 5.92 Å². The molecule has 4 rings (SSSR count). The van der Waals surface area contributed by atoms with Crippen LogP contribution in [0.4, 0.5) is 0 Å². The van der Waals surface area contributed by atoms with Gasteiger partial charge in [-0.05, 0) is 74.4 Å². The molecule has 1 N–H and O–H groups in total. The average molecular weight is 607 g/mol. The van der Waals surface area contributed by atoms with Crippen molar-refractivity contribution in [1.29, 1.82) is 0 Å². The molecule has 3 heterocycles. The van der Waals surface area contributed by atoms with E-state index in [9.17, 15) is 8.42 Å². The number of aryl methyl sites for hydroxylation is 1. The van der Waals surface area contributed by atoms with E-state index in [0.29, 0.717) is 26.2 Å². The number of rotatable bonds is 13. The number of hydrogen-bond acceptors (Lipinski definition) is 7. The zero-order valence-corrected chi connectivity index (χ0v) is 27.1. The zero-order chi connectivity index (χ0) is 29.8. The molecule has 1 saturated heterocycles.